The van der Waals surface area contributed by atoms with Crippen LogP contribution in [0.25, 0.3) is 0 Å². The quantitative estimate of drug-likeness (QED) is 0.808. The van der Waals surface area contributed by atoms with Crippen molar-refractivity contribution in [1.29, 1.82) is 0 Å². The zero-order valence-corrected chi connectivity index (χ0v) is 13.9. The fraction of sp³-hybridized carbons (Fsp3) is 0.556. The van der Waals surface area contributed by atoms with Gasteiger partial charge in [-0.25, -0.2) is 0 Å². The molecule has 1 aliphatic heterocycles. The number of amides is 1. The van der Waals surface area contributed by atoms with Gasteiger partial charge in [0, 0.05) is 25.7 Å². The summed E-state index contributed by atoms with van der Waals surface area (Å²) in [5, 5.41) is 12.5. The summed E-state index contributed by atoms with van der Waals surface area (Å²) < 4.78 is 0. The second-order valence-corrected chi connectivity index (χ2v) is 6.25. The van der Waals surface area contributed by atoms with E-state index in [0.717, 1.165) is 18.4 Å². The van der Waals surface area contributed by atoms with Gasteiger partial charge in [-0.05, 0) is 18.4 Å². The van der Waals surface area contributed by atoms with Gasteiger partial charge in [0.25, 0.3) is 0 Å². The molecule has 126 valence electrons. The molecule has 1 aliphatic rings. The van der Waals surface area contributed by atoms with Crippen LogP contribution in [0.1, 0.15) is 32.3 Å². The highest BCUT2D eigenvalue weighted by atomic mass is 16.4. The van der Waals surface area contributed by atoms with E-state index in [9.17, 15) is 14.7 Å². The molecule has 1 heterocycles. The van der Waals surface area contributed by atoms with Crippen LogP contribution >= 0.6 is 0 Å². The van der Waals surface area contributed by atoms with E-state index in [0.29, 0.717) is 19.6 Å². The molecule has 0 radical (unpaired) electrons. The van der Waals surface area contributed by atoms with Crippen molar-refractivity contribution in [2.24, 2.45) is 11.8 Å². The number of carboxylic acid groups (broad SMARTS) is 1. The third kappa shape index (κ3) is 4.55. The summed E-state index contributed by atoms with van der Waals surface area (Å²) in [6.07, 6.45) is 1.72. The average Bonchev–Trinajstić information content (AvgIpc) is 2.97. The molecular weight excluding hydrogens is 292 g/mol. The molecule has 0 spiro atoms. The van der Waals surface area contributed by atoms with Gasteiger partial charge < -0.3 is 10.4 Å². The Bertz CT molecular complexity index is 528. The number of nitrogens with zero attached hydrogens (tertiary/aromatic N) is 1. The highest BCUT2D eigenvalue weighted by molar-refractivity contribution is 5.85. The number of hydrogen-bond acceptors (Lipinski definition) is 3. The predicted molar refractivity (Wildman–Crippen MR) is 88.8 cm³/mol. The molecule has 0 aromatic heterocycles. The summed E-state index contributed by atoms with van der Waals surface area (Å²) in [5.74, 6) is -2.11. The lowest BCUT2D eigenvalue weighted by atomic mass is 9.95. The molecular formula is C18H26N2O3. The summed E-state index contributed by atoms with van der Waals surface area (Å²) in [7, 11) is 0. The highest BCUT2D eigenvalue weighted by Gasteiger charge is 2.42. The number of nitrogens with one attached hydrogen (secondary N) is 1. The van der Waals surface area contributed by atoms with Gasteiger partial charge in [-0.3, -0.25) is 14.5 Å². The summed E-state index contributed by atoms with van der Waals surface area (Å²) >= 11 is 0. The van der Waals surface area contributed by atoms with Crippen LogP contribution in [0.2, 0.25) is 0 Å². The monoisotopic (exact) mass is 318 g/mol. The van der Waals surface area contributed by atoms with Crippen molar-refractivity contribution in [3.8, 4) is 0 Å². The fourth-order valence-electron chi connectivity index (χ4n) is 3.17. The molecule has 23 heavy (non-hydrogen) atoms. The summed E-state index contributed by atoms with van der Waals surface area (Å²) in [4.78, 5) is 26.1. The largest absolute Gasteiger partial charge is 0.481 e. The smallest absolute Gasteiger partial charge is 0.308 e. The minimum absolute atomic E-state index is 0.123. The average molecular weight is 318 g/mol. The number of carboxylic acids is 1. The molecule has 1 saturated heterocycles. The zero-order valence-electron chi connectivity index (χ0n) is 13.9. The van der Waals surface area contributed by atoms with E-state index in [-0.39, 0.29) is 11.9 Å². The lowest BCUT2D eigenvalue weighted by Gasteiger charge is -2.20. The number of rotatable bonds is 7. The van der Waals surface area contributed by atoms with Crippen LogP contribution < -0.4 is 5.32 Å². The van der Waals surface area contributed by atoms with E-state index < -0.39 is 17.8 Å². The zero-order chi connectivity index (χ0) is 16.8. The third-order valence-corrected chi connectivity index (χ3v) is 4.63. The molecule has 1 aromatic rings. The Labute approximate surface area is 137 Å². The lowest BCUT2D eigenvalue weighted by molar-refractivity contribution is -0.145. The molecule has 1 fully saturated rings. The molecule has 2 N–H and O–H groups in total. The van der Waals surface area contributed by atoms with Gasteiger partial charge in [-0.1, -0.05) is 44.2 Å². The molecule has 1 aromatic carbocycles. The molecule has 0 aliphatic carbocycles. The number of carbonyl (C=O) groups is 2. The van der Waals surface area contributed by atoms with E-state index in [1.54, 1.807) is 0 Å². The summed E-state index contributed by atoms with van der Waals surface area (Å²) in [6, 6.07) is 10.1. The van der Waals surface area contributed by atoms with Gasteiger partial charge in [-0.2, -0.15) is 0 Å². The summed E-state index contributed by atoms with van der Waals surface area (Å²) in [6.45, 7) is 5.65. The Morgan fingerprint density at radius 2 is 1.78 bits per heavy atom. The first kappa shape index (κ1) is 17.5. The van der Waals surface area contributed by atoms with Crippen molar-refractivity contribution in [3.63, 3.8) is 0 Å². The molecule has 0 saturated carbocycles. The van der Waals surface area contributed by atoms with Gasteiger partial charge in [-0.15, -0.1) is 0 Å². The van der Waals surface area contributed by atoms with E-state index >= 15 is 0 Å². The van der Waals surface area contributed by atoms with Crippen molar-refractivity contribution in [1.82, 2.24) is 10.2 Å². The van der Waals surface area contributed by atoms with Crippen LogP contribution in [0.15, 0.2) is 30.3 Å². The Hall–Kier alpha value is -1.88. The van der Waals surface area contributed by atoms with Gasteiger partial charge in [0.2, 0.25) is 5.91 Å². The van der Waals surface area contributed by atoms with Crippen molar-refractivity contribution >= 4 is 11.9 Å². The third-order valence-electron chi connectivity index (χ3n) is 4.63. The maximum absolute atomic E-state index is 12.5. The minimum atomic E-state index is -0.884. The Balaban J connectivity index is 2.03. The van der Waals surface area contributed by atoms with Gasteiger partial charge in [0.1, 0.15) is 0 Å². The number of carbonyl (C=O) groups excluding carboxylic acids is 1. The first-order valence-corrected chi connectivity index (χ1v) is 8.34. The van der Waals surface area contributed by atoms with E-state index in [4.69, 9.17) is 0 Å². The standard InChI is InChI=1S/C18H26N2O3/c1-3-14(4-2)19-17(21)15-11-20(12-16(15)18(22)23)10-13-8-6-5-7-9-13/h5-9,14-16H,3-4,10-12H2,1-2H3,(H,19,21)(H,22,23)/t15-,16+/m0/s1. The summed E-state index contributed by atoms with van der Waals surface area (Å²) in [5.41, 5.74) is 1.14. The number of benzene rings is 1. The lowest BCUT2D eigenvalue weighted by Crippen LogP contribution is -2.42. The normalized spacial score (nSPS) is 21.5. The van der Waals surface area contributed by atoms with Crippen LogP contribution in [0.3, 0.4) is 0 Å². The maximum Gasteiger partial charge on any atom is 0.308 e. The van der Waals surface area contributed by atoms with E-state index in [1.165, 1.54) is 0 Å². The fourth-order valence-corrected chi connectivity index (χ4v) is 3.17. The molecule has 2 rings (SSSR count). The van der Waals surface area contributed by atoms with Crippen molar-refractivity contribution in [3.05, 3.63) is 35.9 Å². The maximum atomic E-state index is 12.5. The first-order chi connectivity index (χ1) is 11.0. The van der Waals surface area contributed by atoms with Crippen LogP contribution in [0.5, 0.6) is 0 Å². The molecule has 5 nitrogen and oxygen atoms in total. The highest BCUT2D eigenvalue weighted by Crippen LogP contribution is 2.26. The second kappa shape index (κ2) is 8.11. The topological polar surface area (TPSA) is 69.6 Å². The molecule has 1 amide bonds. The number of aliphatic carboxylic acids is 1. The molecule has 0 bridgehead atoms. The predicted octanol–water partition coefficient (Wildman–Crippen LogP) is 2.12. The number of likely N-dealkylation sites (tertiary alicyclic amines) is 1. The van der Waals surface area contributed by atoms with Gasteiger partial charge in [0.05, 0.1) is 11.8 Å². The van der Waals surface area contributed by atoms with Crippen molar-refractivity contribution < 1.29 is 14.7 Å². The SMILES string of the molecule is CCC(CC)NC(=O)[C@H]1CN(Cc2ccccc2)C[C@H]1C(=O)O. The Kier molecular flexibility index (Phi) is 6.16. The Morgan fingerprint density at radius 3 is 2.35 bits per heavy atom. The minimum Gasteiger partial charge on any atom is -0.481 e. The number of hydrogen-bond donors (Lipinski definition) is 2. The Morgan fingerprint density at radius 1 is 1.17 bits per heavy atom. The second-order valence-electron chi connectivity index (χ2n) is 6.25. The van der Waals surface area contributed by atoms with Gasteiger partial charge in [0.15, 0.2) is 0 Å². The van der Waals surface area contributed by atoms with Crippen molar-refractivity contribution in [2.45, 2.75) is 39.3 Å². The van der Waals surface area contributed by atoms with Crippen LogP contribution in [0.4, 0.5) is 0 Å². The molecule has 0 unspecified atom stereocenters. The van der Waals surface area contributed by atoms with Gasteiger partial charge >= 0.3 is 5.97 Å². The van der Waals surface area contributed by atoms with Crippen LogP contribution in [0, 0.1) is 11.8 Å². The molecule has 5 heteroatoms. The van der Waals surface area contributed by atoms with Crippen molar-refractivity contribution in [2.75, 3.05) is 13.1 Å². The first-order valence-electron chi connectivity index (χ1n) is 8.34. The van der Waals surface area contributed by atoms with E-state index in [2.05, 4.69) is 10.2 Å². The van der Waals surface area contributed by atoms with E-state index in [1.807, 2.05) is 44.2 Å². The van der Waals surface area contributed by atoms with Crippen LogP contribution in [-0.2, 0) is 16.1 Å². The molecule has 2 atom stereocenters. The van der Waals surface area contributed by atoms with Crippen LogP contribution in [-0.4, -0.2) is 41.0 Å².